The second kappa shape index (κ2) is 3.92. The van der Waals surface area contributed by atoms with E-state index in [2.05, 4.69) is 9.97 Å². The number of nitrogens with zero attached hydrogens (tertiary/aromatic N) is 1. The van der Waals surface area contributed by atoms with Gasteiger partial charge in [0.2, 0.25) is 0 Å². The highest BCUT2D eigenvalue weighted by Crippen LogP contribution is 2.21. The summed E-state index contributed by atoms with van der Waals surface area (Å²) in [6, 6.07) is 2.68. The molecule has 4 nitrogen and oxygen atoms in total. The van der Waals surface area contributed by atoms with Crippen molar-refractivity contribution in [1.82, 2.24) is 9.97 Å². The van der Waals surface area contributed by atoms with Crippen LogP contribution in [0.25, 0.3) is 11.0 Å². The lowest BCUT2D eigenvalue weighted by atomic mass is 10.2. The zero-order valence-electron chi connectivity index (χ0n) is 9.00. The number of benzene rings is 1. The van der Waals surface area contributed by atoms with E-state index < -0.39 is 5.82 Å². The minimum atomic E-state index is -0.517. The summed E-state index contributed by atoms with van der Waals surface area (Å²) < 4.78 is 18.2. The van der Waals surface area contributed by atoms with Crippen molar-refractivity contribution in [3.8, 4) is 5.75 Å². The third-order valence-electron chi connectivity index (χ3n) is 2.37. The van der Waals surface area contributed by atoms with Gasteiger partial charge in [0.05, 0.1) is 18.1 Å². The summed E-state index contributed by atoms with van der Waals surface area (Å²) in [5.74, 6) is -0.397. The number of halogens is 1. The molecule has 0 spiro atoms. The van der Waals surface area contributed by atoms with Crippen molar-refractivity contribution in [3.05, 3.63) is 34.0 Å². The van der Waals surface area contributed by atoms with Crippen molar-refractivity contribution in [2.24, 2.45) is 0 Å². The second-order valence-electron chi connectivity index (χ2n) is 3.37. The van der Waals surface area contributed by atoms with Crippen LogP contribution < -0.4 is 10.3 Å². The van der Waals surface area contributed by atoms with E-state index in [0.29, 0.717) is 23.1 Å². The highest BCUT2D eigenvalue weighted by molar-refractivity contribution is 5.76. The monoisotopic (exact) mass is 222 g/mol. The zero-order chi connectivity index (χ0) is 11.7. The number of fused-ring (bicyclic) bond motifs is 1. The fraction of sp³-hybridized carbons (Fsp3) is 0.273. The molecule has 5 heteroatoms. The largest absolute Gasteiger partial charge is 0.494 e. The molecule has 0 unspecified atom stereocenters. The molecule has 0 saturated heterocycles. The van der Waals surface area contributed by atoms with Crippen molar-refractivity contribution < 1.29 is 9.13 Å². The van der Waals surface area contributed by atoms with Gasteiger partial charge in [0.1, 0.15) is 5.69 Å². The third kappa shape index (κ3) is 1.64. The molecule has 16 heavy (non-hydrogen) atoms. The Hall–Kier alpha value is -1.91. The Bertz CT molecular complexity index is 592. The van der Waals surface area contributed by atoms with Gasteiger partial charge >= 0.3 is 0 Å². The molecule has 0 aliphatic carbocycles. The van der Waals surface area contributed by atoms with E-state index in [9.17, 15) is 9.18 Å². The van der Waals surface area contributed by atoms with Crippen LogP contribution in [0.5, 0.6) is 5.75 Å². The van der Waals surface area contributed by atoms with Gasteiger partial charge in [0.25, 0.3) is 5.56 Å². The van der Waals surface area contributed by atoms with Crippen LogP contribution in [0.4, 0.5) is 4.39 Å². The summed E-state index contributed by atoms with van der Waals surface area (Å²) in [5.41, 5.74) is 1.05. The Labute approximate surface area is 91.1 Å². The minimum absolute atomic E-state index is 0.120. The first-order valence-electron chi connectivity index (χ1n) is 4.92. The van der Waals surface area contributed by atoms with E-state index >= 15 is 0 Å². The first-order chi connectivity index (χ1) is 7.65. The molecule has 0 atom stereocenters. The lowest BCUT2D eigenvalue weighted by Crippen LogP contribution is -2.14. The maximum Gasteiger partial charge on any atom is 0.270 e. The molecule has 0 amide bonds. The highest BCUT2D eigenvalue weighted by atomic mass is 19.1. The fourth-order valence-corrected chi connectivity index (χ4v) is 1.52. The lowest BCUT2D eigenvalue weighted by Gasteiger charge is -2.04. The van der Waals surface area contributed by atoms with E-state index in [0.717, 1.165) is 0 Å². The normalized spacial score (nSPS) is 10.7. The van der Waals surface area contributed by atoms with Gasteiger partial charge in [0, 0.05) is 12.1 Å². The van der Waals surface area contributed by atoms with Crippen molar-refractivity contribution in [2.75, 3.05) is 7.11 Å². The van der Waals surface area contributed by atoms with Crippen molar-refractivity contribution in [1.29, 1.82) is 0 Å². The van der Waals surface area contributed by atoms with Gasteiger partial charge < -0.3 is 9.72 Å². The van der Waals surface area contributed by atoms with Crippen LogP contribution in [-0.4, -0.2) is 17.1 Å². The van der Waals surface area contributed by atoms with Gasteiger partial charge in [-0.25, -0.2) is 9.37 Å². The van der Waals surface area contributed by atoms with Crippen LogP contribution in [0, 0.1) is 5.82 Å². The minimum Gasteiger partial charge on any atom is -0.494 e. The molecular weight excluding hydrogens is 211 g/mol. The first-order valence-corrected chi connectivity index (χ1v) is 4.92. The molecule has 1 aromatic heterocycles. The topological polar surface area (TPSA) is 55.0 Å². The smallest absolute Gasteiger partial charge is 0.270 e. The molecule has 0 bridgehead atoms. The van der Waals surface area contributed by atoms with E-state index in [4.69, 9.17) is 4.74 Å². The summed E-state index contributed by atoms with van der Waals surface area (Å²) in [7, 11) is 1.39. The number of aromatic nitrogens is 2. The second-order valence-corrected chi connectivity index (χ2v) is 3.37. The standard InChI is InChI=1S/C11H11FN2O2/c1-3-7-11(15)14-8-4-6(12)10(16-2)5-9(8)13-7/h4-5H,3H2,1-2H3,(H,14,15). The molecule has 2 rings (SSSR count). The van der Waals surface area contributed by atoms with Crippen LogP contribution >= 0.6 is 0 Å². The van der Waals surface area contributed by atoms with E-state index in [1.165, 1.54) is 19.2 Å². The molecule has 84 valence electrons. The van der Waals surface area contributed by atoms with Gasteiger partial charge in [-0.2, -0.15) is 0 Å². The predicted molar refractivity (Wildman–Crippen MR) is 58.3 cm³/mol. The zero-order valence-corrected chi connectivity index (χ0v) is 9.00. The van der Waals surface area contributed by atoms with Crippen molar-refractivity contribution in [3.63, 3.8) is 0 Å². The number of ether oxygens (including phenoxy) is 1. The maximum absolute atomic E-state index is 13.4. The van der Waals surface area contributed by atoms with Crippen molar-refractivity contribution in [2.45, 2.75) is 13.3 Å². The molecule has 0 aliphatic heterocycles. The predicted octanol–water partition coefficient (Wildman–Crippen LogP) is 1.63. The van der Waals surface area contributed by atoms with Crippen LogP contribution in [0.15, 0.2) is 16.9 Å². The Balaban J connectivity index is 2.77. The molecule has 0 fully saturated rings. The van der Waals surface area contributed by atoms with Gasteiger partial charge in [-0.1, -0.05) is 6.92 Å². The number of nitrogens with one attached hydrogen (secondary N) is 1. The summed E-state index contributed by atoms with van der Waals surface area (Å²) in [4.78, 5) is 18.2. The average molecular weight is 222 g/mol. The molecular formula is C11H11FN2O2. The highest BCUT2D eigenvalue weighted by Gasteiger charge is 2.08. The Morgan fingerprint density at radius 2 is 2.25 bits per heavy atom. The summed E-state index contributed by atoms with van der Waals surface area (Å²) in [6.07, 6.45) is 0.533. The molecule has 1 heterocycles. The van der Waals surface area contributed by atoms with Crippen LogP contribution in [0.2, 0.25) is 0 Å². The molecule has 0 saturated carbocycles. The number of methoxy groups -OCH3 is 1. The summed E-state index contributed by atoms with van der Waals surface area (Å²) in [6.45, 7) is 1.84. The number of hydrogen-bond acceptors (Lipinski definition) is 3. The van der Waals surface area contributed by atoms with E-state index in [-0.39, 0.29) is 11.3 Å². The number of rotatable bonds is 2. The van der Waals surface area contributed by atoms with Crippen LogP contribution in [0.3, 0.4) is 0 Å². The van der Waals surface area contributed by atoms with Crippen LogP contribution in [-0.2, 0) is 6.42 Å². The molecule has 1 aromatic carbocycles. The Kier molecular flexibility index (Phi) is 2.60. The molecule has 2 aromatic rings. The fourth-order valence-electron chi connectivity index (χ4n) is 1.52. The summed E-state index contributed by atoms with van der Waals surface area (Å²) in [5, 5.41) is 0. The van der Waals surface area contributed by atoms with Gasteiger partial charge in [0.15, 0.2) is 11.6 Å². The number of aromatic amines is 1. The average Bonchev–Trinajstić information content (AvgIpc) is 2.27. The van der Waals surface area contributed by atoms with E-state index in [1.54, 1.807) is 0 Å². The summed E-state index contributed by atoms with van der Waals surface area (Å²) >= 11 is 0. The lowest BCUT2D eigenvalue weighted by molar-refractivity contribution is 0.387. The van der Waals surface area contributed by atoms with Gasteiger partial charge in [-0.15, -0.1) is 0 Å². The number of hydrogen-bond donors (Lipinski definition) is 1. The molecule has 0 radical (unpaired) electrons. The Morgan fingerprint density at radius 1 is 1.50 bits per heavy atom. The number of aryl methyl sites for hydroxylation is 1. The molecule has 0 aliphatic rings. The SMILES string of the molecule is CCc1nc2cc(OC)c(F)cc2[nH]c1=O. The molecule has 1 N–H and O–H groups in total. The maximum atomic E-state index is 13.4. The van der Waals surface area contributed by atoms with Crippen LogP contribution in [0.1, 0.15) is 12.6 Å². The Morgan fingerprint density at radius 3 is 2.88 bits per heavy atom. The quantitative estimate of drug-likeness (QED) is 0.840. The first kappa shape index (κ1) is 10.6. The van der Waals surface area contributed by atoms with Gasteiger partial charge in [-0.3, -0.25) is 4.79 Å². The van der Waals surface area contributed by atoms with E-state index in [1.807, 2.05) is 6.92 Å². The number of H-pyrrole nitrogens is 1. The van der Waals surface area contributed by atoms with Gasteiger partial charge in [-0.05, 0) is 6.42 Å². The van der Waals surface area contributed by atoms with Crippen molar-refractivity contribution >= 4 is 11.0 Å². The third-order valence-corrected chi connectivity index (χ3v) is 2.37.